The zero-order valence-corrected chi connectivity index (χ0v) is 11.0. The van der Waals surface area contributed by atoms with E-state index in [4.69, 9.17) is 5.73 Å². The van der Waals surface area contributed by atoms with E-state index >= 15 is 0 Å². The Hall–Kier alpha value is -0.980. The second-order valence-corrected chi connectivity index (χ2v) is 5.77. The molecule has 2 N–H and O–H groups in total. The molecule has 1 rings (SSSR count). The van der Waals surface area contributed by atoms with Crippen molar-refractivity contribution >= 4 is 10.0 Å². The van der Waals surface area contributed by atoms with Crippen molar-refractivity contribution < 1.29 is 8.42 Å². The monoisotopic (exact) mass is 257 g/mol. The van der Waals surface area contributed by atoms with E-state index in [1.807, 2.05) is 13.8 Å². The van der Waals surface area contributed by atoms with Crippen LogP contribution in [0.5, 0.6) is 0 Å². The number of hydrogen-bond acceptors (Lipinski definition) is 4. The van der Waals surface area contributed by atoms with Gasteiger partial charge in [0.1, 0.15) is 0 Å². The number of sulfonamides is 1. The first-order valence-electron chi connectivity index (χ1n) is 5.64. The number of aromatic nitrogens is 1. The van der Waals surface area contributed by atoms with Crippen molar-refractivity contribution in [2.24, 2.45) is 5.73 Å². The second-order valence-electron chi connectivity index (χ2n) is 3.76. The van der Waals surface area contributed by atoms with Crippen molar-refractivity contribution in [3.05, 3.63) is 30.1 Å². The van der Waals surface area contributed by atoms with Crippen LogP contribution in [0.2, 0.25) is 0 Å². The molecule has 0 bridgehead atoms. The maximum atomic E-state index is 12.0. The lowest BCUT2D eigenvalue weighted by atomic mass is 10.2. The molecule has 0 radical (unpaired) electrons. The van der Waals surface area contributed by atoms with Crippen LogP contribution in [0.3, 0.4) is 0 Å². The van der Waals surface area contributed by atoms with Gasteiger partial charge in [-0.05, 0) is 11.6 Å². The molecule has 0 saturated carbocycles. The van der Waals surface area contributed by atoms with Crippen LogP contribution < -0.4 is 5.73 Å². The van der Waals surface area contributed by atoms with Crippen molar-refractivity contribution in [1.29, 1.82) is 0 Å². The summed E-state index contributed by atoms with van der Waals surface area (Å²) in [7, 11) is -3.29. The molecule has 17 heavy (non-hydrogen) atoms. The van der Waals surface area contributed by atoms with Crippen LogP contribution in [0.25, 0.3) is 0 Å². The summed E-state index contributed by atoms with van der Waals surface area (Å²) < 4.78 is 25.4. The average molecular weight is 257 g/mol. The molecule has 0 aliphatic carbocycles. The van der Waals surface area contributed by atoms with Gasteiger partial charge in [-0.3, -0.25) is 4.98 Å². The Kier molecular flexibility index (Phi) is 5.04. The van der Waals surface area contributed by atoms with E-state index in [0.29, 0.717) is 13.1 Å². The summed E-state index contributed by atoms with van der Waals surface area (Å²) in [5.74, 6) is -0.0830. The Morgan fingerprint density at radius 2 is 2.06 bits per heavy atom. The van der Waals surface area contributed by atoms with E-state index in [1.54, 1.807) is 24.5 Å². The third-order valence-corrected chi connectivity index (χ3v) is 4.69. The van der Waals surface area contributed by atoms with Gasteiger partial charge in [0.15, 0.2) is 0 Å². The second kappa shape index (κ2) is 6.09. The quantitative estimate of drug-likeness (QED) is 0.816. The summed E-state index contributed by atoms with van der Waals surface area (Å²) in [6, 6.07) is 3.00. The summed E-state index contributed by atoms with van der Waals surface area (Å²) in [6.07, 6.45) is 3.23. The molecule has 0 aliphatic heterocycles. The first-order valence-corrected chi connectivity index (χ1v) is 7.25. The molecule has 96 valence electrons. The zero-order valence-electron chi connectivity index (χ0n) is 10.2. The molecular formula is C11H19N3O2S. The maximum absolute atomic E-state index is 12.0. The molecule has 1 aromatic heterocycles. The lowest BCUT2D eigenvalue weighted by molar-refractivity contribution is 0.442. The van der Waals surface area contributed by atoms with E-state index < -0.39 is 16.1 Å². The van der Waals surface area contributed by atoms with E-state index in [2.05, 4.69) is 4.98 Å². The van der Waals surface area contributed by atoms with Gasteiger partial charge in [-0.15, -0.1) is 0 Å². The van der Waals surface area contributed by atoms with Gasteiger partial charge in [0.2, 0.25) is 10.0 Å². The third kappa shape index (κ3) is 3.76. The molecule has 0 fully saturated rings. The van der Waals surface area contributed by atoms with Crippen molar-refractivity contribution in [3.63, 3.8) is 0 Å². The topological polar surface area (TPSA) is 76.3 Å². The summed E-state index contributed by atoms with van der Waals surface area (Å²) in [6.45, 7) is 4.57. The first-order chi connectivity index (χ1) is 8.01. The van der Waals surface area contributed by atoms with Crippen molar-refractivity contribution in [3.8, 4) is 0 Å². The summed E-state index contributed by atoms with van der Waals surface area (Å²) >= 11 is 0. The molecule has 6 heteroatoms. The Morgan fingerprint density at radius 1 is 1.41 bits per heavy atom. The third-order valence-electron chi connectivity index (χ3n) is 2.60. The lowest BCUT2D eigenvalue weighted by Gasteiger charge is -2.21. The highest BCUT2D eigenvalue weighted by molar-refractivity contribution is 7.89. The Morgan fingerprint density at radius 3 is 2.53 bits per heavy atom. The molecule has 0 aromatic carbocycles. The zero-order chi connectivity index (χ0) is 12.9. The number of rotatable bonds is 6. The van der Waals surface area contributed by atoms with Crippen LogP contribution in [-0.2, 0) is 10.0 Å². The summed E-state index contributed by atoms with van der Waals surface area (Å²) in [5, 5.41) is 0. The molecule has 0 saturated heterocycles. The normalized spacial score (nSPS) is 13.9. The molecule has 1 heterocycles. The fourth-order valence-electron chi connectivity index (χ4n) is 1.64. The van der Waals surface area contributed by atoms with E-state index in [0.717, 1.165) is 5.56 Å². The Balaban J connectivity index is 2.78. The van der Waals surface area contributed by atoms with E-state index in [1.165, 1.54) is 4.31 Å². The lowest BCUT2D eigenvalue weighted by Crippen LogP contribution is -2.36. The van der Waals surface area contributed by atoms with Gasteiger partial charge in [0.25, 0.3) is 0 Å². The summed E-state index contributed by atoms with van der Waals surface area (Å²) in [4.78, 5) is 3.93. The Labute approximate surface area is 103 Å². The minimum atomic E-state index is -3.29. The van der Waals surface area contributed by atoms with Gasteiger partial charge in [0.05, 0.1) is 5.75 Å². The molecule has 5 nitrogen and oxygen atoms in total. The molecule has 0 aliphatic rings. The van der Waals surface area contributed by atoms with Crippen LogP contribution in [-0.4, -0.2) is 36.5 Å². The number of hydrogen-bond donors (Lipinski definition) is 1. The minimum absolute atomic E-state index is 0.0830. The molecule has 0 spiro atoms. The van der Waals surface area contributed by atoms with Crippen LogP contribution in [0, 0.1) is 0 Å². The first kappa shape index (κ1) is 14.1. The van der Waals surface area contributed by atoms with Gasteiger partial charge in [-0.25, -0.2) is 12.7 Å². The predicted octanol–water partition coefficient (Wildman–Crippen LogP) is 0.753. The molecule has 1 atom stereocenters. The molecular weight excluding hydrogens is 238 g/mol. The highest BCUT2D eigenvalue weighted by Gasteiger charge is 2.22. The van der Waals surface area contributed by atoms with Crippen molar-refractivity contribution in [1.82, 2.24) is 9.29 Å². The minimum Gasteiger partial charge on any atom is -0.323 e. The van der Waals surface area contributed by atoms with Crippen molar-refractivity contribution in [2.75, 3.05) is 18.8 Å². The number of nitrogens with two attached hydrogens (primary N) is 1. The maximum Gasteiger partial charge on any atom is 0.215 e. The molecule has 0 amide bonds. The highest BCUT2D eigenvalue weighted by atomic mass is 32.2. The fourth-order valence-corrected chi connectivity index (χ4v) is 3.28. The van der Waals surface area contributed by atoms with E-state index in [9.17, 15) is 8.42 Å². The van der Waals surface area contributed by atoms with Crippen LogP contribution in [0.1, 0.15) is 25.5 Å². The van der Waals surface area contributed by atoms with Gasteiger partial charge >= 0.3 is 0 Å². The predicted molar refractivity (Wildman–Crippen MR) is 67.9 cm³/mol. The molecule has 1 aromatic rings. The van der Waals surface area contributed by atoms with Gasteiger partial charge in [-0.2, -0.15) is 0 Å². The van der Waals surface area contributed by atoms with Crippen LogP contribution in [0.4, 0.5) is 0 Å². The average Bonchev–Trinajstić information content (AvgIpc) is 2.30. The smallest absolute Gasteiger partial charge is 0.215 e. The SMILES string of the molecule is CCN(CC)S(=O)(=O)CC(N)c1cccnc1. The molecule has 1 unspecified atom stereocenters. The van der Waals surface area contributed by atoms with Crippen LogP contribution in [0.15, 0.2) is 24.5 Å². The van der Waals surface area contributed by atoms with Crippen molar-refractivity contribution in [2.45, 2.75) is 19.9 Å². The van der Waals surface area contributed by atoms with E-state index in [-0.39, 0.29) is 5.75 Å². The van der Waals surface area contributed by atoms with Gasteiger partial charge in [-0.1, -0.05) is 19.9 Å². The van der Waals surface area contributed by atoms with Gasteiger partial charge in [0, 0.05) is 31.5 Å². The number of pyridine rings is 1. The fraction of sp³-hybridized carbons (Fsp3) is 0.545. The van der Waals surface area contributed by atoms with Crippen LogP contribution >= 0.6 is 0 Å². The number of nitrogens with zero attached hydrogens (tertiary/aromatic N) is 2. The highest BCUT2D eigenvalue weighted by Crippen LogP contribution is 2.13. The van der Waals surface area contributed by atoms with Gasteiger partial charge < -0.3 is 5.73 Å². The Bertz CT molecular complexity index is 429. The largest absolute Gasteiger partial charge is 0.323 e. The summed E-state index contributed by atoms with van der Waals surface area (Å²) in [5.41, 5.74) is 6.62. The standard InChI is InChI=1S/C11H19N3O2S/c1-3-14(4-2)17(15,16)9-11(12)10-6-5-7-13-8-10/h5-8,11H,3-4,9,12H2,1-2H3.